The van der Waals surface area contributed by atoms with E-state index in [1.165, 1.54) is 30.3 Å². The quantitative estimate of drug-likeness (QED) is 0.389. The van der Waals surface area contributed by atoms with E-state index < -0.39 is 22.2 Å². The average Bonchev–Trinajstić information content (AvgIpc) is 2.69. The first-order valence-electron chi connectivity index (χ1n) is 7.33. The molecule has 26 heavy (non-hydrogen) atoms. The van der Waals surface area contributed by atoms with Gasteiger partial charge in [-0.25, -0.2) is 4.39 Å². The molecule has 0 aliphatic carbocycles. The minimum atomic E-state index is -0.727. The topological polar surface area (TPSA) is 124 Å². The SMILES string of the molecule is O=[N+]([O-])C=C1C[N+]([O-])=C(c2ccccc2F)c2cc([N+](=O)[O-])ccc2N1. The van der Waals surface area contributed by atoms with Crippen LogP contribution in [-0.4, -0.2) is 26.8 Å². The first-order valence-corrected chi connectivity index (χ1v) is 7.33. The summed E-state index contributed by atoms with van der Waals surface area (Å²) in [7, 11) is 0. The summed E-state index contributed by atoms with van der Waals surface area (Å²) in [5, 5.41) is 37.2. The molecule has 0 spiro atoms. The second-order valence-electron chi connectivity index (χ2n) is 5.42. The van der Waals surface area contributed by atoms with E-state index in [-0.39, 0.29) is 33.9 Å². The smallest absolute Gasteiger partial charge is 0.270 e. The highest BCUT2D eigenvalue weighted by Crippen LogP contribution is 2.29. The number of nitrogens with one attached hydrogen (secondary N) is 1. The fourth-order valence-electron chi connectivity index (χ4n) is 2.66. The van der Waals surface area contributed by atoms with E-state index in [0.717, 1.165) is 12.1 Å². The van der Waals surface area contributed by atoms with E-state index in [1.807, 2.05) is 0 Å². The third kappa shape index (κ3) is 3.20. The van der Waals surface area contributed by atoms with Gasteiger partial charge in [-0.15, -0.1) is 0 Å². The maximum absolute atomic E-state index is 14.3. The van der Waals surface area contributed by atoms with Gasteiger partial charge in [0.15, 0.2) is 12.2 Å². The lowest BCUT2D eigenvalue weighted by molar-refractivity contribution is -0.450. The molecule has 0 fully saturated rings. The number of nitrogens with zero attached hydrogens (tertiary/aromatic N) is 3. The van der Waals surface area contributed by atoms with Gasteiger partial charge in [-0.3, -0.25) is 20.2 Å². The molecule has 9 nitrogen and oxygen atoms in total. The van der Waals surface area contributed by atoms with Crippen molar-refractivity contribution in [1.29, 1.82) is 0 Å². The van der Waals surface area contributed by atoms with Crippen LogP contribution in [0.15, 0.2) is 54.4 Å². The fraction of sp³-hybridized carbons (Fsp3) is 0.0625. The number of halogens is 1. The summed E-state index contributed by atoms with van der Waals surface area (Å²) >= 11 is 0. The Kier molecular flexibility index (Phi) is 4.31. The highest BCUT2D eigenvalue weighted by molar-refractivity contribution is 6.14. The van der Waals surface area contributed by atoms with Gasteiger partial charge in [0.25, 0.3) is 11.9 Å². The van der Waals surface area contributed by atoms with Gasteiger partial charge in [-0.05, 0) is 18.2 Å². The van der Waals surface area contributed by atoms with Crippen molar-refractivity contribution in [3.63, 3.8) is 0 Å². The zero-order valence-electron chi connectivity index (χ0n) is 13.1. The zero-order valence-corrected chi connectivity index (χ0v) is 13.1. The molecule has 0 bridgehead atoms. The molecule has 0 atom stereocenters. The van der Waals surface area contributed by atoms with Crippen LogP contribution in [0.5, 0.6) is 0 Å². The Morgan fingerprint density at radius 3 is 2.50 bits per heavy atom. The van der Waals surface area contributed by atoms with Gasteiger partial charge in [0.2, 0.25) is 5.71 Å². The average molecular weight is 358 g/mol. The number of fused-ring (bicyclic) bond motifs is 1. The van der Waals surface area contributed by atoms with Crippen LogP contribution in [0.3, 0.4) is 0 Å². The standard InChI is InChI=1S/C16H11FN4O5/c17-14-4-2-1-3-12(14)16-13-7-11(21(25)26)5-6-15(13)18-10(8-19(16)22)9-20(23)24/h1-7,9,18H,8H2. The number of non-ortho nitro benzene ring substituents is 1. The van der Waals surface area contributed by atoms with E-state index in [1.54, 1.807) is 0 Å². The van der Waals surface area contributed by atoms with Crippen molar-refractivity contribution in [2.45, 2.75) is 0 Å². The van der Waals surface area contributed by atoms with Crippen LogP contribution in [0.1, 0.15) is 11.1 Å². The maximum atomic E-state index is 14.3. The van der Waals surface area contributed by atoms with E-state index >= 15 is 0 Å². The molecule has 0 aromatic heterocycles. The van der Waals surface area contributed by atoms with E-state index in [4.69, 9.17) is 0 Å². The van der Waals surface area contributed by atoms with Crippen molar-refractivity contribution in [1.82, 2.24) is 0 Å². The molecule has 3 rings (SSSR count). The van der Waals surface area contributed by atoms with Crippen LogP contribution >= 0.6 is 0 Å². The lowest BCUT2D eigenvalue weighted by Gasteiger charge is -2.10. The number of benzodiazepines with no additional fused rings is 1. The Labute approximate surface area is 145 Å². The first kappa shape index (κ1) is 17.0. The highest BCUT2D eigenvalue weighted by atomic mass is 19.1. The molecule has 2 aromatic carbocycles. The number of anilines is 1. The minimum absolute atomic E-state index is 0.0357. The van der Waals surface area contributed by atoms with Gasteiger partial charge >= 0.3 is 0 Å². The molecule has 2 aromatic rings. The van der Waals surface area contributed by atoms with Crippen LogP contribution in [-0.2, 0) is 0 Å². The third-order valence-electron chi connectivity index (χ3n) is 3.72. The summed E-state index contributed by atoms with van der Waals surface area (Å²) in [5.41, 5.74) is -0.248. The highest BCUT2D eigenvalue weighted by Gasteiger charge is 2.29. The molecule has 1 heterocycles. The number of hydrogen-bond acceptors (Lipinski definition) is 6. The van der Waals surface area contributed by atoms with Crippen LogP contribution in [0.25, 0.3) is 0 Å². The van der Waals surface area contributed by atoms with Crippen LogP contribution in [0.4, 0.5) is 15.8 Å². The molecule has 0 unspecified atom stereocenters. The Bertz CT molecular complexity index is 986. The van der Waals surface area contributed by atoms with Crippen LogP contribution in [0.2, 0.25) is 0 Å². The second-order valence-corrected chi connectivity index (χ2v) is 5.42. The van der Waals surface area contributed by atoms with Crippen molar-refractivity contribution in [3.05, 3.63) is 96.7 Å². The predicted molar refractivity (Wildman–Crippen MR) is 89.9 cm³/mol. The minimum Gasteiger partial charge on any atom is -0.623 e. The lowest BCUT2D eigenvalue weighted by Crippen LogP contribution is -2.20. The van der Waals surface area contributed by atoms with Crippen molar-refractivity contribution in [2.24, 2.45) is 0 Å². The zero-order chi connectivity index (χ0) is 18.8. The molecule has 0 saturated carbocycles. The van der Waals surface area contributed by atoms with E-state index in [0.29, 0.717) is 10.9 Å². The molecular formula is C16H11FN4O5. The van der Waals surface area contributed by atoms with Crippen molar-refractivity contribution >= 4 is 17.1 Å². The van der Waals surface area contributed by atoms with Gasteiger partial charge in [-0.1, -0.05) is 12.1 Å². The van der Waals surface area contributed by atoms with Crippen LogP contribution < -0.4 is 5.32 Å². The molecule has 1 N–H and O–H groups in total. The molecule has 1 aliphatic rings. The normalized spacial score (nSPS) is 15.2. The fourth-order valence-corrected chi connectivity index (χ4v) is 2.66. The molecule has 0 amide bonds. The number of hydrogen-bond donors (Lipinski definition) is 1. The van der Waals surface area contributed by atoms with Crippen molar-refractivity contribution in [2.75, 3.05) is 11.9 Å². The molecule has 132 valence electrons. The third-order valence-corrected chi connectivity index (χ3v) is 3.72. The molecule has 0 saturated heterocycles. The van der Waals surface area contributed by atoms with Gasteiger partial charge in [0.05, 0.1) is 26.7 Å². The van der Waals surface area contributed by atoms with Crippen molar-refractivity contribution in [3.8, 4) is 0 Å². The lowest BCUT2D eigenvalue weighted by atomic mass is 9.99. The molecule has 10 heteroatoms. The molecule has 1 aliphatic heterocycles. The summed E-state index contributed by atoms with van der Waals surface area (Å²) in [4.78, 5) is 20.5. The number of benzene rings is 2. The Morgan fingerprint density at radius 1 is 1.12 bits per heavy atom. The van der Waals surface area contributed by atoms with Gasteiger partial charge in [-0.2, -0.15) is 4.74 Å². The number of nitro benzene ring substituents is 1. The van der Waals surface area contributed by atoms with E-state index in [2.05, 4.69) is 5.32 Å². The summed E-state index contributed by atoms with van der Waals surface area (Å²) in [6.45, 7) is -0.451. The summed E-state index contributed by atoms with van der Waals surface area (Å²) in [6, 6.07) is 9.11. The summed E-state index contributed by atoms with van der Waals surface area (Å²) < 4.78 is 14.6. The Hall–Kier alpha value is -3.82. The summed E-state index contributed by atoms with van der Waals surface area (Å²) in [6.07, 6.45) is 0.625. The Morgan fingerprint density at radius 2 is 1.85 bits per heavy atom. The number of nitro groups is 2. The second kappa shape index (κ2) is 6.59. The van der Waals surface area contributed by atoms with Crippen molar-refractivity contribution < 1.29 is 19.0 Å². The Balaban J connectivity index is 2.30. The van der Waals surface area contributed by atoms with Gasteiger partial charge < -0.3 is 10.5 Å². The number of hydroxylamine groups is 1. The molecular weight excluding hydrogens is 347 g/mol. The summed E-state index contributed by atoms with van der Waals surface area (Å²) in [5.74, 6) is -0.692. The van der Waals surface area contributed by atoms with Gasteiger partial charge in [0.1, 0.15) is 5.82 Å². The monoisotopic (exact) mass is 358 g/mol. The predicted octanol–water partition coefficient (Wildman–Crippen LogP) is 2.63. The largest absolute Gasteiger partial charge is 0.623 e. The van der Waals surface area contributed by atoms with Gasteiger partial charge in [0, 0.05) is 12.1 Å². The number of rotatable bonds is 3. The van der Waals surface area contributed by atoms with E-state index in [9.17, 15) is 29.8 Å². The first-order chi connectivity index (χ1) is 12.4. The van der Waals surface area contributed by atoms with Crippen LogP contribution in [0, 0.1) is 31.3 Å². The molecule has 0 radical (unpaired) electrons. The maximum Gasteiger partial charge on any atom is 0.270 e.